The largest absolute Gasteiger partial charge is 0.377 e. The summed E-state index contributed by atoms with van der Waals surface area (Å²) < 4.78 is 34.7. The van der Waals surface area contributed by atoms with Crippen LogP contribution >= 0.6 is 0 Å². The Hall–Kier alpha value is -1.52. The number of rotatable bonds is 9. The second kappa shape index (κ2) is 11.3. The Morgan fingerprint density at radius 1 is 1.15 bits per heavy atom. The van der Waals surface area contributed by atoms with Crippen molar-refractivity contribution in [3.8, 4) is 0 Å². The highest BCUT2D eigenvalue weighted by Crippen LogP contribution is 2.25. The number of ether oxygens (including phenoxy) is 1. The van der Waals surface area contributed by atoms with Crippen LogP contribution in [0.1, 0.15) is 57.4 Å². The molecule has 1 amide bonds. The molecule has 2 heterocycles. The standard InChI is InChI=1S/C24H38N4O4S/c1-2-13-32-23-6-4-3-5-21(23)28-33(30,31)19-9-7-17(8-10-19)15-26-24(29)22-14-18-16-25-12-11-20(18)27-22/h7-10,18,20-23,25,27-28H,2-6,11-16H2,1H3,(H,26,29). The van der Waals surface area contributed by atoms with E-state index in [4.69, 9.17) is 4.74 Å². The van der Waals surface area contributed by atoms with E-state index >= 15 is 0 Å². The van der Waals surface area contributed by atoms with Gasteiger partial charge in [-0.25, -0.2) is 13.1 Å². The van der Waals surface area contributed by atoms with E-state index in [1.54, 1.807) is 24.3 Å². The number of sulfonamides is 1. The zero-order valence-electron chi connectivity index (χ0n) is 19.5. The lowest BCUT2D eigenvalue weighted by Crippen LogP contribution is -2.46. The van der Waals surface area contributed by atoms with Gasteiger partial charge in [-0.05, 0) is 68.8 Å². The molecule has 1 aromatic rings. The van der Waals surface area contributed by atoms with Crippen LogP contribution in [0.15, 0.2) is 29.2 Å². The molecule has 2 aliphatic heterocycles. The maximum Gasteiger partial charge on any atom is 0.240 e. The maximum atomic E-state index is 12.9. The Labute approximate surface area is 197 Å². The molecule has 0 radical (unpaired) electrons. The molecule has 8 nitrogen and oxygen atoms in total. The fraction of sp³-hybridized carbons (Fsp3) is 0.708. The van der Waals surface area contributed by atoms with Gasteiger partial charge in [0.2, 0.25) is 15.9 Å². The fourth-order valence-corrected chi connectivity index (χ4v) is 6.57. The highest BCUT2D eigenvalue weighted by Gasteiger charge is 2.38. The van der Waals surface area contributed by atoms with Gasteiger partial charge < -0.3 is 20.7 Å². The van der Waals surface area contributed by atoms with Gasteiger partial charge in [-0.2, -0.15) is 0 Å². The lowest BCUT2D eigenvalue weighted by atomic mass is 9.93. The first-order chi connectivity index (χ1) is 16.0. The summed E-state index contributed by atoms with van der Waals surface area (Å²) in [6.45, 7) is 5.06. The van der Waals surface area contributed by atoms with Crippen LogP contribution in [0, 0.1) is 5.92 Å². The summed E-state index contributed by atoms with van der Waals surface area (Å²) in [6, 6.07) is 6.86. The molecule has 33 heavy (non-hydrogen) atoms. The molecule has 9 heteroatoms. The van der Waals surface area contributed by atoms with Crippen LogP contribution in [0.5, 0.6) is 0 Å². The third-order valence-corrected chi connectivity index (χ3v) is 8.63. The van der Waals surface area contributed by atoms with Crippen molar-refractivity contribution in [2.24, 2.45) is 5.92 Å². The molecule has 3 fully saturated rings. The van der Waals surface area contributed by atoms with E-state index in [2.05, 4.69) is 27.6 Å². The monoisotopic (exact) mass is 478 g/mol. The Morgan fingerprint density at radius 3 is 2.70 bits per heavy atom. The molecule has 1 aromatic carbocycles. The quantitative estimate of drug-likeness (QED) is 0.430. The lowest BCUT2D eigenvalue weighted by Gasteiger charge is -2.31. The zero-order valence-corrected chi connectivity index (χ0v) is 20.3. The van der Waals surface area contributed by atoms with E-state index in [0.29, 0.717) is 25.1 Å². The summed E-state index contributed by atoms with van der Waals surface area (Å²) in [4.78, 5) is 12.8. The summed E-state index contributed by atoms with van der Waals surface area (Å²) in [5, 5.41) is 9.85. The van der Waals surface area contributed by atoms with Crippen LogP contribution in [0.2, 0.25) is 0 Å². The molecule has 0 aromatic heterocycles. The van der Waals surface area contributed by atoms with Gasteiger partial charge in [0, 0.05) is 25.2 Å². The molecule has 0 spiro atoms. The van der Waals surface area contributed by atoms with Crippen molar-refractivity contribution in [1.29, 1.82) is 0 Å². The third-order valence-electron chi connectivity index (χ3n) is 7.12. The van der Waals surface area contributed by atoms with Gasteiger partial charge in [0.15, 0.2) is 0 Å². The van der Waals surface area contributed by atoms with Crippen molar-refractivity contribution < 1.29 is 17.9 Å². The van der Waals surface area contributed by atoms with Crippen molar-refractivity contribution in [3.63, 3.8) is 0 Å². The molecule has 4 rings (SSSR count). The van der Waals surface area contributed by atoms with Crippen molar-refractivity contribution >= 4 is 15.9 Å². The third kappa shape index (κ3) is 6.33. The van der Waals surface area contributed by atoms with E-state index in [9.17, 15) is 13.2 Å². The van der Waals surface area contributed by atoms with Gasteiger partial charge in [-0.15, -0.1) is 0 Å². The van der Waals surface area contributed by atoms with Crippen LogP contribution < -0.4 is 20.7 Å². The highest BCUT2D eigenvalue weighted by molar-refractivity contribution is 7.89. The summed E-state index contributed by atoms with van der Waals surface area (Å²) in [5.41, 5.74) is 0.876. The van der Waals surface area contributed by atoms with Gasteiger partial charge >= 0.3 is 0 Å². The van der Waals surface area contributed by atoms with E-state index in [1.807, 2.05) is 0 Å². The number of hydrogen-bond acceptors (Lipinski definition) is 6. The molecule has 3 aliphatic rings. The number of nitrogens with one attached hydrogen (secondary N) is 4. The van der Waals surface area contributed by atoms with Crippen molar-refractivity contribution in [2.45, 2.75) is 87.5 Å². The first kappa shape index (κ1) is 24.6. The SMILES string of the molecule is CCCOC1CCCCC1NS(=O)(=O)c1ccc(CNC(=O)C2CC3CNCCC3N2)cc1. The van der Waals surface area contributed by atoms with Crippen molar-refractivity contribution in [3.05, 3.63) is 29.8 Å². The fourth-order valence-electron chi connectivity index (χ4n) is 5.27. The average Bonchev–Trinajstić information content (AvgIpc) is 3.26. The average molecular weight is 479 g/mol. The molecule has 5 unspecified atom stereocenters. The van der Waals surface area contributed by atoms with E-state index in [-0.39, 0.29) is 29.0 Å². The number of benzene rings is 1. The van der Waals surface area contributed by atoms with Crippen LogP contribution in [0.4, 0.5) is 0 Å². The first-order valence-corrected chi connectivity index (χ1v) is 13.9. The molecule has 0 bridgehead atoms. The highest BCUT2D eigenvalue weighted by atomic mass is 32.2. The normalized spacial score (nSPS) is 30.0. The Kier molecular flexibility index (Phi) is 8.40. The predicted molar refractivity (Wildman–Crippen MR) is 127 cm³/mol. The molecular formula is C24H38N4O4S. The van der Waals surface area contributed by atoms with Crippen molar-refractivity contribution in [1.82, 2.24) is 20.7 Å². The summed E-state index contributed by atoms with van der Waals surface area (Å²) in [6.07, 6.45) is 6.54. The molecule has 4 N–H and O–H groups in total. The topological polar surface area (TPSA) is 109 Å². The minimum Gasteiger partial charge on any atom is -0.377 e. The number of fused-ring (bicyclic) bond motifs is 1. The molecule has 1 aliphatic carbocycles. The Balaban J connectivity index is 1.29. The Bertz CT molecular complexity index is 878. The predicted octanol–water partition coefficient (Wildman–Crippen LogP) is 1.66. The smallest absolute Gasteiger partial charge is 0.240 e. The zero-order chi connectivity index (χ0) is 23.3. The Morgan fingerprint density at radius 2 is 1.94 bits per heavy atom. The summed E-state index contributed by atoms with van der Waals surface area (Å²) in [7, 11) is -3.62. The van der Waals surface area contributed by atoms with Crippen LogP contribution in [0.3, 0.4) is 0 Å². The van der Waals surface area contributed by atoms with E-state index in [0.717, 1.165) is 63.6 Å². The van der Waals surface area contributed by atoms with Gasteiger partial charge in [0.25, 0.3) is 0 Å². The number of amides is 1. The van der Waals surface area contributed by atoms with Gasteiger partial charge in [-0.1, -0.05) is 31.9 Å². The second-order valence-corrected chi connectivity index (χ2v) is 11.3. The lowest BCUT2D eigenvalue weighted by molar-refractivity contribution is -0.123. The maximum absolute atomic E-state index is 12.9. The number of piperidine rings is 1. The van der Waals surface area contributed by atoms with Gasteiger partial charge in [0.05, 0.1) is 17.0 Å². The molecular weight excluding hydrogens is 440 g/mol. The van der Waals surface area contributed by atoms with E-state index < -0.39 is 10.0 Å². The van der Waals surface area contributed by atoms with Crippen molar-refractivity contribution in [2.75, 3.05) is 19.7 Å². The van der Waals surface area contributed by atoms with E-state index in [1.165, 1.54) is 0 Å². The van der Waals surface area contributed by atoms with Crippen LogP contribution in [-0.4, -0.2) is 58.3 Å². The summed E-state index contributed by atoms with van der Waals surface area (Å²) in [5.74, 6) is 0.529. The van der Waals surface area contributed by atoms with Crippen LogP contribution in [0.25, 0.3) is 0 Å². The number of hydrogen-bond donors (Lipinski definition) is 4. The van der Waals surface area contributed by atoms with Crippen LogP contribution in [-0.2, 0) is 26.1 Å². The first-order valence-electron chi connectivity index (χ1n) is 12.4. The van der Waals surface area contributed by atoms with Gasteiger partial charge in [-0.3, -0.25) is 4.79 Å². The molecule has 5 atom stereocenters. The molecule has 184 valence electrons. The molecule has 1 saturated carbocycles. The summed E-state index contributed by atoms with van der Waals surface area (Å²) >= 11 is 0. The number of carbonyl (C=O) groups is 1. The minimum atomic E-state index is -3.62. The number of carbonyl (C=O) groups excluding carboxylic acids is 1. The minimum absolute atomic E-state index is 0.0122. The second-order valence-electron chi connectivity index (χ2n) is 9.60. The van der Waals surface area contributed by atoms with Gasteiger partial charge in [0.1, 0.15) is 0 Å². The molecule has 2 saturated heterocycles.